The Morgan fingerprint density at radius 3 is 2.64 bits per heavy atom. The van der Waals surface area contributed by atoms with Crippen LogP contribution in [-0.2, 0) is 11.3 Å². The van der Waals surface area contributed by atoms with Gasteiger partial charge in [-0.2, -0.15) is 0 Å². The molecule has 0 bridgehead atoms. The van der Waals surface area contributed by atoms with Crippen LogP contribution in [0.15, 0.2) is 71.5 Å². The van der Waals surface area contributed by atoms with E-state index in [-0.39, 0.29) is 5.91 Å². The van der Waals surface area contributed by atoms with E-state index in [4.69, 9.17) is 9.15 Å². The Hall–Kier alpha value is -3.86. The van der Waals surface area contributed by atoms with Crippen LogP contribution in [0, 0.1) is 13.8 Å². The molecule has 33 heavy (non-hydrogen) atoms. The molecule has 4 aromatic rings. The minimum atomic E-state index is -0.177. The number of fused-ring (bicyclic) bond motifs is 1. The normalized spacial score (nSPS) is 11.6. The van der Waals surface area contributed by atoms with E-state index in [1.807, 2.05) is 39.0 Å². The smallest absolute Gasteiger partial charge is 0.244 e. The van der Waals surface area contributed by atoms with Gasteiger partial charge >= 0.3 is 0 Å². The van der Waals surface area contributed by atoms with Crippen LogP contribution >= 0.6 is 0 Å². The molecular weight excluding hydrogens is 412 g/mol. The van der Waals surface area contributed by atoms with E-state index in [0.29, 0.717) is 13.2 Å². The van der Waals surface area contributed by atoms with E-state index < -0.39 is 0 Å². The number of pyridine rings is 1. The van der Waals surface area contributed by atoms with Gasteiger partial charge in [-0.3, -0.25) is 9.78 Å². The van der Waals surface area contributed by atoms with Crippen molar-refractivity contribution in [3.05, 3.63) is 89.5 Å². The number of carbonyl (C=O) groups is 1. The van der Waals surface area contributed by atoms with Gasteiger partial charge in [0.15, 0.2) is 0 Å². The van der Waals surface area contributed by atoms with Crippen molar-refractivity contribution in [2.24, 2.45) is 0 Å². The highest BCUT2D eigenvalue weighted by atomic mass is 16.5. The van der Waals surface area contributed by atoms with Crippen LogP contribution in [0.25, 0.3) is 27.7 Å². The zero-order chi connectivity index (χ0) is 23.4. The fraction of sp³-hybridized carbons (Fsp3) is 0.214. The van der Waals surface area contributed by atoms with Crippen LogP contribution in [-0.4, -0.2) is 17.5 Å². The van der Waals surface area contributed by atoms with Gasteiger partial charge in [0.1, 0.15) is 11.3 Å². The maximum absolute atomic E-state index is 12.6. The van der Waals surface area contributed by atoms with Crippen LogP contribution in [0.4, 0.5) is 0 Å². The summed E-state index contributed by atoms with van der Waals surface area (Å²) < 4.78 is 12.0. The van der Waals surface area contributed by atoms with Crippen molar-refractivity contribution in [3.63, 3.8) is 0 Å². The number of furan rings is 1. The first kappa shape index (κ1) is 22.3. The van der Waals surface area contributed by atoms with Crippen molar-refractivity contribution >= 4 is 22.4 Å². The topological polar surface area (TPSA) is 64.4 Å². The summed E-state index contributed by atoms with van der Waals surface area (Å²) in [5, 5.41) is 3.90. The number of hydrogen-bond acceptors (Lipinski definition) is 4. The molecule has 1 amide bonds. The number of aryl methyl sites for hydroxylation is 2. The number of aromatic nitrogens is 1. The van der Waals surface area contributed by atoms with Gasteiger partial charge in [0.05, 0.1) is 25.1 Å². The van der Waals surface area contributed by atoms with Crippen molar-refractivity contribution in [1.29, 1.82) is 0 Å². The van der Waals surface area contributed by atoms with Gasteiger partial charge in [-0.15, -0.1) is 0 Å². The third-order valence-corrected chi connectivity index (χ3v) is 5.64. The van der Waals surface area contributed by atoms with E-state index in [1.54, 1.807) is 18.5 Å². The van der Waals surface area contributed by atoms with Gasteiger partial charge in [0, 0.05) is 34.3 Å². The highest BCUT2D eigenvalue weighted by Gasteiger charge is 2.19. The van der Waals surface area contributed by atoms with Gasteiger partial charge < -0.3 is 14.5 Å². The molecule has 4 rings (SSSR count). The van der Waals surface area contributed by atoms with E-state index >= 15 is 0 Å². The van der Waals surface area contributed by atoms with E-state index in [0.717, 1.165) is 50.2 Å². The molecule has 5 nitrogen and oxygen atoms in total. The molecule has 0 saturated heterocycles. The summed E-state index contributed by atoms with van der Waals surface area (Å²) in [5.41, 5.74) is 7.54. The van der Waals surface area contributed by atoms with Crippen LogP contribution < -0.4 is 10.1 Å². The van der Waals surface area contributed by atoms with Gasteiger partial charge in [-0.25, -0.2) is 0 Å². The molecule has 1 N–H and O–H groups in total. The summed E-state index contributed by atoms with van der Waals surface area (Å²) in [6.45, 7) is 8.83. The quantitative estimate of drug-likeness (QED) is 0.346. The van der Waals surface area contributed by atoms with E-state index in [9.17, 15) is 4.79 Å². The molecule has 5 heteroatoms. The standard InChI is InChI=1S/C28H28N2O3/c1-5-32-27-20(4)28-24(25(17-33-28)21-11-9-18(2)10-12-21)15-23(27)19(3)14-26(31)30-16-22-8-6-7-13-29-22/h6-15,17H,5,16H2,1-4H3,(H,30,31)/b19-14+. The van der Waals surface area contributed by atoms with Crippen LogP contribution in [0.5, 0.6) is 5.75 Å². The summed E-state index contributed by atoms with van der Waals surface area (Å²) in [5.74, 6) is 0.561. The SMILES string of the molecule is CCOc1c(/C(C)=C/C(=O)NCc2ccccn2)cc2c(-c3ccc(C)cc3)coc2c1C. The summed E-state index contributed by atoms with van der Waals surface area (Å²) in [4.78, 5) is 16.9. The van der Waals surface area contributed by atoms with Gasteiger partial charge in [-0.05, 0) is 57.0 Å². The fourth-order valence-electron chi connectivity index (χ4n) is 3.90. The molecule has 0 aliphatic heterocycles. The minimum Gasteiger partial charge on any atom is -0.493 e. The molecule has 2 aromatic heterocycles. The zero-order valence-electron chi connectivity index (χ0n) is 19.4. The van der Waals surface area contributed by atoms with Crippen molar-refractivity contribution in [3.8, 4) is 16.9 Å². The largest absolute Gasteiger partial charge is 0.493 e. The van der Waals surface area contributed by atoms with Gasteiger partial charge in [0.2, 0.25) is 5.91 Å². The Labute approximate surface area is 194 Å². The van der Waals surface area contributed by atoms with Gasteiger partial charge in [-0.1, -0.05) is 35.9 Å². The molecule has 168 valence electrons. The minimum absolute atomic E-state index is 0.177. The van der Waals surface area contributed by atoms with Crippen molar-refractivity contribution in [2.75, 3.05) is 6.61 Å². The maximum Gasteiger partial charge on any atom is 0.244 e. The Morgan fingerprint density at radius 2 is 1.94 bits per heavy atom. The monoisotopic (exact) mass is 440 g/mol. The molecule has 0 radical (unpaired) electrons. The molecule has 0 unspecified atom stereocenters. The fourth-order valence-corrected chi connectivity index (χ4v) is 3.90. The highest BCUT2D eigenvalue weighted by Crippen LogP contribution is 2.40. The third-order valence-electron chi connectivity index (χ3n) is 5.64. The first-order valence-electron chi connectivity index (χ1n) is 11.1. The summed E-state index contributed by atoms with van der Waals surface area (Å²) in [6, 6.07) is 16.1. The number of carbonyl (C=O) groups excluding carboxylic acids is 1. The molecule has 0 saturated carbocycles. The van der Waals surface area contributed by atoms with E-state index in [1.165, 1.54) is 5.56 Å². The third kappa shape index (κ3) is 4.82. The molecule has 0 atom stereocenters. The number of nitrogens with one attached hydrogen (secondary N) is 1. The van der Waals surface area contributed by atoms with Gasteiger partial charge in [0.25, 0.3) is 0 Å². The first-order chi connectivity index (χ1) is 16.0. The molecule has 2 aromatic carbocycles. The predicted molar refractivity (Wildman–Crippen MR) is 132 cm³/mol. The Kier molecular flexibility index (Phi) is 6.59. The number of benzene rings is 2. The predicted octanol–water partition coefficient (Wildman–Crippen LogP) is 6.23. The molecular formula is C28H28N2O3. The Bertz CT molecular complexity index is 1300. The van der Waals surface area contributed by atoms with Crippen molar-refractivity contribution < 1.29 is 13.9 Å². The number of hydrogen-bond donors (Lipinski definition) is 1. The molecule has 0 aliphatic carbocycles. The highest BCUT2D eigenvalue weighted by molar-refractivity contribution is 6.01. The van der Waals surface area contributed by atoms with Crippen molar-refractivity contribution in [1.82, 2.24) is 10.3 Å². The Morgan fingerprint density at radius 1 is 1.15 bits per heavy atom. The summed E-state index contributed by atoms with van der Waals surface area (Å²) in [6.07, 6.45) is 5.11. The van der Waals surface area contributed by atoms with E-state index in [2.05, 4.69) is 47.6 Å². The molecule has 0 fully saturated rings. The number of nitrogens with zero attached hydrogens (tertiary/aromatic N) is 1. The van der Waals surface area contributed by atoms with Crippen molar-refractivity contribution in [2.45, 2.75) is 34.2 Å². The Balaban J connectivity index is 1.72. The lowest BCUT2D eigenvalue weighted by molar-refractivity contribution is -0.116. The average Bonchev–Trinajstić information content (AvgIpc) is 3.25. The second kappa shape index (κ2) is 9.74. The lowest BCUT2D eigenvalue weighted by Crippen LogP contribution is -2.21. The van der Waals surface area contributed by atoms with Crippen LogP contribution in [0.3, 0.4) is 0 Å². The molecule has 2 heterocycles. The molecule has 0 spiro atoms. The molecule has 0 aliphatic rings. The maximum atomic E-state index is 12.6. The number of allylic oxidation sites excluding steroid dienone is 1. The zero-order valence-corrected chi connectivity index (χ0v) is 19.4. The number of amides is 1. The first-order valence-corrected chi connectivity index (χ1v) is 11.1. The van der Waals surface area contributed by atoms with Crippen LogP contribution in [0.1, 0.15) is 36.2 Å². The second-order valence-corrected chi connectivity index (χ2v) is 8.07. The number of ether oxygens (including phenoxy) is 1. The second-order valence-electron chi connectivity index (χ2n) is 8.07. The number of rotatable bonds is 7. The summed E-state index contributed by atoms with van der Waals surface area (Å²) >= 11 is 0. The van der Waals surface area contributed by atoms with Crippen LogP contribution in [0.2, 0.25) is 0 Å². The summed E-state index contributed by atoms with van der Waals surface area (Å²) in [7, 11) is 0. The lowest BCUT2D eigenvalue weighted by Gasteiger charge is -2.15. The average molecular weight is 441 g/mol. The lowest BCUT2D eigenvalue weighted by atomic mass is 9.96.